The Bertz CT molecular complexity index is 1390. The van der Waals surface area contributed by atoms with E-state index >= 15 is 0 Å². The van der Waals surface area contributed by atoms with Crippen LogP contribution in [-0.4, -0.2) is 41.5 Å². The third-order valence-electron chi connectivity index (χ3n) is 7.40. The molecule has 2 N–H and O–H groups in total. The normalized spacial score (nSPS) is 18.6. The fraction of sp³-hybridized carbons (Fsp3) is 0.286. The highest BCUT2D eigenvalue weighted by Gasteiger charge is 2.57. The Morgan fingerprint density at radius 1 is 0.868 bits per heavy atom. The number of imide groups is 2. The summed E-state index contributed by atoms with van der Waals surface area (Å²) in [6.07, 6.45) is 5.45. The molecule has 1 aromatic heterocycles. The second-order valence-corrected chi connectivity index (χ2v) is 9.69. The fourth-order valence-corrected chi connectivity index (χ4v) is 5.59. The quantitative estimate of drug-likeness (QED) is 0.502. The van der Waals surface area contributed by atoms with Gasteiger partial charge in [-0.3, -0.25) is 20.2 Å². The first kappa shape index (κ1) is 23.9. The van der Waals surface area contributed by atoms with Gasteiger partial charge in [0.1, 0.15) is 11.6 Å². The average molecular weight is 516 g/mol. The molecule has 0 unspecified atom stereocenters. The van der Waals surface area contributed by atoms with Crippen molar-refractivity contribution in [1.29, 1.82) is 0 Å². The summed E-state index contributed by atoms with van der Waals surface area (Å²) in [5, 5.41) is 4.43. The van der Waals surface area contributed by atoms with E-state index in [1.165, 1.54) is 12.1 Å². The topological polar surface area (TPSA) is 104 Å². The van der Waals surface area contributed by atoms with Crippen molar-refractivity contribution >= 4 is 34.9 Å². The fourth-order valence-electron chi connectivity index (χ4n) is 5.59. The molecule has 3 aliphatic rings. The number of aryl methyl sites for hydroxylation is 1. The van der Waals surface area contributed by atoms with E-state index in [1.54, 1.807) is 35.4 Å². The maximum absolute atomic E-state index is 13.5. The zero-order valence-electron chi connectivity index (χ0n) is 20.6. The predicted octanol–water partition coefficient (Wildman–Crippen LogP) is 4.19. The van der Waals surface area contributed by atoms with Gasteiger partial charge in [-0.1, -0.05) is 0 Å². The van der Waals surface area contributed by atoms with Gasteiger partial charge < -0.3 is 14.5 Å². The van der Waals surface area contributed by atoms with Crippen LogP contribution in [0.2, 0.25) is 0 Å². The number of halogens is 1. The number of hydrogen-bond donors (Lipinski definition) is 2. The van der Waals surface area contributed by atoms with Crippen molar-refractivity contribution in [3.63, 3.8) is 0 Å². The molecule has 0 bridgehead atoms. The van der Waals surface area contributed by atoms with Crippen LogP contribution in [0, 0.1) is 5.82 Å². The SMILES string of the molecule is O=C1NC(=O)C2(CCCN2c2ccc(Oc3ccc4c(c3)CCCCN4c3ccc(F)cc3)nc2)C(=O)N1. The molecule has 0 atom stereocenters. The number of nitrogens with zero attached hydrogens (tertiary/aromatic N) is 3. The minimum absolute atomic E-state index is 0.258. The van der Waals surface area contributed by atoms with Crippen molar-refractivity contribution in [3.05, 3.63) is 72.2 Å². The Hall–Kier alpha value is -4.47. The number of urea groups is 1. The summed E-state index contributed by atoms with van der Waals surface area (Å²) in [7, 11) is 0. The Morgan fingerprint density at radius 3 is 2.37 bits per heavy atom. The second-order valence-electron chi connectivity index (χ2n) is 9.69. The van der Waals surface area contributed by atoms with Gasteiger partial charge in [0.15, 0.2) is 5.54 Å². The lowest BCUT2D eigenvalue weighted by molar-refractivity contribution is -0.137. The van der Waals surface area contributed by atoms with Gasteiger partial charge in [-0.05, 0) is 86.2 Å². The molecule has 0 aliphatic carbocycles. The Kier molecular flexibility index (Phi) is 5.94. The van der Waals surface area contributed by atoms with Gasteiger partial charge in [-0.15, -0.1) is 0 Å². The number of amides is 4. The third-order valence-corrected chi connectivity index (χ3v) is 7.40. The molecule has 6 rings (SSSR count). The van der Waals surface area contributed by atoms with Gasteiger partial charge in [0.05, 0.1) is 11.9 Å². The van der Waals surface area contributed by atoms with Crippen molar-refractivity contribution < 1.29 is 23.5 Å². The van der Waals surface area contributed by atoms with Crippen LogP contribution < -0.4 is 25.2 Å². The number of rotatable bonds is 4. The number of pyridine rings is 1. The lowest BCUT2D eigenvalue weighted by Gasteiger charge is -2.38. The summed E-state index contributed by atoms with van der Waals surface area (Å²) in [5.41, 5.74) is 2.29. The number of nitrogens with one attached hydrogen (secondary N) is 2. The first-order chi connectivity index (χ1) is 18.4. The Labute approximate surface area is 218 Å². The van der Waals surface area contributed by atoms with Gasteiger partial charge in [-0.25, -0.2) is 14.2 Å². The molecule has 1 spiro atoms. The molecule has 38 heavy (non-hydrogen) atoms. The number of benzene rings is 2. The summed E-state index contributed by atoms with van der Waals surface area (Å²) in [5.74, 6) is -0.482. The number of aromatic nitrogens is 1. The van der Waals surface area contributed by atoms with Crippen LogP contribution in [0.25, 0.3) is 0 Å². The summed E-state index contributed by atoms with van der Waals surface area (Å²) in [6, 6.07) is 15.1. The molecule has 4 amide bonds. The van der Waals surface area contributed by atoms with E-state index in [0.29, 0.717) is 36.7 Å². The van der Waals surface area contributed by atoms with Gasteiger partial charge >= 0.3 is 6.03 Å². The van der Waals surface area contributed by atoms with Gasteiger partial charge in [0.2, 0.25) is 5.88 Å². The highest BCUT2D eigenvalue weighted by molar-refractivity contribution is 6.24. The molecule has 4 heterocycles. The van der Waals surface area contributed by atoms with Crippen molar-refractivity contribution in [2.75, 3.05) is 22.9 Å². The summed E-state index contributed by atoms with van der Waals surface area (Å²) in [6.45, 7) is 1.33. The molecule has 2 saturated heterocycles. The third kappa shape index (κ3) is 4.11. The van der Waals surface area contributed by atoms with Crippen LogP contribution in [0.3, 0.4) is 0 Å². The molecular formula is C28H26FN5O4. The van der Waals surface area contributed by atoms with E-state index in [4.69, 9.17) is 4.74 Å². The number of carbonyl (C=O) groups is 3. The first-order valence-corrected chi connectivity index (χ1v) is 12.7. The Morgan fingerprint density at radius 2 is 1.63 bits per heavy atom. The van der Waals surface area contributed by atoms with Gasteiger partial charge in [0.25, 0.3) is 11.8 Å². The van der Waals surface area contributed by atoms with E-state index in [2.05, 4.69) is 20.5 Å². The van der Waals surface area contributed by atoms with Crippen molar-refractivity contribution in [2.45, 2.75) is 37.6 Å². The van der Waals surface area contributed by atoms with E-state index < -0.39 is 23.4 Å². The molecule has 2 fully saturated rings. The zero-order valence-corrected chi connectivity index (χ0v) is 20.6. The maximum atomic E-state index is 13.5. The number of fused-ring (bicyclic) bond motifs is 1. The highest BCUT2D eigenvalue weighted by atomic mass is 19.1. The van der Waals surface area contributed by atoms with Crippen LogP contribution in [0.5, 0.6) is 11.6 Å². The lowest BCUT2D eigenvalue weighted by Crippen LogP contribution is -2.71. The minimum Gasteiger partial charge on any atom is -0.439 e. The maximum Gasteiger partial charge on any atom is 0.328 e. The molecule has 3 aliphatic heterocycles. The molecule has 0 saturated carbocycles. The van der Waals surface area contributed by atoms with E-state index in [0.717, 1.165) is 42.7 Å². The molecule has 194 valence electrons. The number of ether oxygens (including phenoxy) is 1. The van der Waals surface area contributed by atoms with Crippen LogP contribution in [0.15, 0.2) is 60.8 Å². The highest BCUT2D eigenvalue weighted by Crippen LogP contribution is 2.38. The number of barbiturate groups is 1. The van der Waals surface area contributed by atoms with Crippen molar-refractivity contribution in [2.24, 2.45) is 0 Å². The van der Waals surface area contributed by atoms with Gasteiger partial charge in [-0.2, -0.15) is 0 Å². The first-order valence-electron chi connectivity index (χ1n) is 12.7. The monoisotopic (exact) mass is 515 g/mol. The van der Waals surface area contributed by atoms with Crippen LogP contribution in [0.1, 0.15) is 31.2 Å². The van der Waals surface area contributed by atoms with Crippen LogP contribution in [-0.2, 0) is 16.0 Å². The van der Waals surface area contributed by atoms with Crippen LogP contribution in [0.4, 0.5) is 26.2 Å². The number of carbonyl (C=O) groups excluding carboxylic acids is 3. The van der Waals surface area contributed by atoms with E-state index in [-0.39, 0.29) is 5.82 Å². The molecular weight excluding hydrogens is 489 g/mol. The largest absolute Gasteiger partial charge is 0.439 e. The minimum atomic E-state index is -1.47. The zero-order chi connectivity index (χ0) is 26.3. The predicted molar refractivity (Wildman–Crippen MR) is 138 cm³/mol. The van der Waals surface area contributed by atoms with Gasteiger partial charge in [0, 0.05) is 30.5 Å². The standard InChI is InChI=1S/C28H26FN5O4/c29-19-5-7-20(8-6-19)33-14-2-1-4-18-16-22(10-11-23(18)33)38-24-12-9-21(17-30-24)34-15-3-13-28(34)25(35)31-27(37)32-26(28)36/h5-12,16-17H,1-4,13-15H2,(H2,31,32,35,36,37). The molecule has 10 heteroatoms. The van der Waals surface area contributed by atoms with Crippen molar-refractivity contribution in [1.82, 2.24) is 15.6 Å². The Balaban J connectivity index is 1.22. The number of anilines is 3. The van der Waals surface area contributed by atoms with E-state index in [1.807, 2.05) is 18.2 Å². The average Bonchev–Trinajstić information content (AvgIpc) is 3.25. The summed E-state index contributed by atoms with van der Waals surface area (Å²) < 4.78 is 19.5. The van der Waals surface area contributed by atoms with E-state index in [9.17, 15) is 18.8 Å². The number of hydrogen-bond acceptors (Lipinski definition) is 7. The molecule has 9 nitrogen and oxygen atoms in total. The molecule has 0 radical (unpaired) electrons. The smallest absolute Gasteiger partial charge is 0.328 e. The second kappa shape index (κ2) is 9.44. The van der Waals surface area contributed by atoms with Crippen molar-refractivity contribution in [3.8, 4) is 11.6 Å². The lowest BCUT2D eigenvalue weighted by atomic mass is 9.92. The molecule has 3 aromatic rings. The molecule has 2 aromatic carbocycles. The van der Waals surface area contributed by atoms with Crippen LogP contribution >= 0.6 is 0 Å². The summed E-state index contributed by atoms with van der Waals surface area (Å²) >= 11 is 0. The summed E-state index contributed by atoms with van der Waals surface area (Å²) in [4.78, 5) is 45.3.